The minimum Gasteiger partial charge on any atom is -0.469 e. The van der Waals surface area contributed by atoms with Gasteiger partial charge in [0.1, 0.15) is 0 Å². The molecule has 22 heavy (non-hydrogen) atoms. The maximum absolute atomic E-state index is 11.4. The van der Waals surface area contributed by atoms with Gasteiger partial charge in [0.05, 0.1) is 20.1 Å². The predicted octanol–water partition coefficient (Wildman–Crippen LogP) is 2.48. The second kappa shape index (κ2) is 11.8. The zero-order valence-electron chi connectivity index (χ0n) is 13.8. The highest BCUT2D eigenvalue weighted by atomic mass is 32.2. The molecule has 1 rings (SSSR count). The van der Waals surface area contributed by atoms with E-state index in [-0.39, 0.29) is 11.9 Å². The quantitative estimate of drug-likeness (QED) is 0.453. The standard InChI is InChI=1S/C16H29NO4S/c1-3-21-16(19)9-12-22-13-14(7-8-15(18)20-2)17-10-5-4-6-11-17/h14H,3-13H2,1-2H3. The highest BCUT2D eigenvalue weighted by Gasteiger charge is 2.21. The molecule has 5 nitrogen and oxygen atoms in total. The largest absolute Gasteiger partial charge is 0.469 e. The van der Waals surface area contributed by atoms with E-state index in [9.17, 15) is 9.59 Å². The number of hydrogen-bond acceptors (Lipinski definition) is 6. The third-order valence-corrected chi connectivity index (χ3v) is 5.00. The van der Waals surface area contributed by atoms with E-state index in [2.05, 4.69) is 4.90 Å². The van der Waals surface area contributed by atoms with Gasteiger partial charge in [-0.25, -0.2) is 0 Å². The number of carbonyl (C=O) groups excluding carboxylic acids is 2. The van der Waals surface area contributed by atoms with Crippen molar-refractivity contribution in [2.75, 3.05) is 38.3 Å². The van der Waals surface area contributed by atoms with Crippen LogP contribution in [0.4, 0.5) is 0 Å². The van der Waals surface area contributed by atoms with E-state index in [4.69, 9.17) is 9.47 Å². The first-order valence-corrected chi connectivity index (χ1v) is 9.37. The highest BCUT2D eigenvalue weighted by Crippen LogP contribution is 2.20. The van der Waals surface area contributed by atoms with Crippen LogP contribution in [0.3, 0.4) is 0 Å². The molecule has 1 aliphatic heterocycles. The van der Waals surface area contributed by atoms with E-state index in [1.165, 1.54) is 26.4 Å². The summed E-state index contributed by atoms with van der Waals surface area (Å²) in [4.78, 5) is 25.2. The van der Waals surface area contributed by atoms with Gasteiger partial charge in [0.15, 0.2) is 0 Å². The molecule has 0 aliphatic carbocycles. The summed E-state index contributed by atoms with van der Waals surface area (Å²) in [5.74, 6) is 1.47. The number of nitrogens with zero attached hydrogens (tertiary/aromatic N) is 1. The normalized spacial score (nSPS) is 17.0. The molecule has 1 fully saturated rings. The zero-order chi connectivity index (χ0) is 16.2. The number of likely N-dealkylation sites (tertiary alicyclic amines) is 1. The van der Waals surface area contributed by atoms with Crippen LogP contribution in [0.5, 0.6) is 0 Å². The van der Waals surface area contributed by atoms with Crippen molar-refractivity contribution >= 4 is 23.7 Å². The average molecular weight is 331 g/mol. The third-order valence-electron chi connectivity index (χ3n) is 3.88. The number of esters is 2. The Morgan fingerprint density at radius 2 is 1.86 bits per heavy atom. The average Bonchev–Trinajstić information content (AvgIpc) is 2.54. The van der Waals surface area contributed by atoms with E-state index in [0.29, 0.717) is 25.5 Å². The van der Waals surface area contributed by atoms with Gasteiger partial charge < -0.3 is 9.47 Å². The van der Waals surface area contributed by atoms with E-state index in [1.807, 2.05) is 6.92 Å². The Morgan fingerprint density at radius 3 is 2.50 bits per heavy atom. The molecular formula is C16H29NO4S. The van der Waals surface area contributed by atoms with Crippen molar-refractivity contribution in [1.29, 1.82) is 0 Å². The summed E-state index contributed by atoms with van der Waals surface area (Å²) in [6.07, 6.45) is 5.54. The van der Waals surface area contributed by atoms with Gasteiger partial charge in [-0.05, 0) is 39.3 Å². The minimum absolute atomic E-state index is 0.126. The van der Waals surface area contributed by atoms with Crippen molar-refractivity contribution in [3.05, 3.63) is 0 Å². The first kappa shape index (κ1) is 19.3. The third kappa shape index (κ3) is 8.03. The number of ether oxygens (including phenoxy) is 2. The molecule has 0 aromatic carbocycles. The second-order valence-corrected chi connectivity index (χ2v) is 6.65. The molecule has 128 valence electrons. The van der Waals surface area contributed by atoms with Gasteiger partial charge in [-0.15, -0.1) is 0 Å². The molecule has 1 saturated heterocycles. The van der Waals surface area contributed by atoms with Crippen LogP contribution in [0.15, 0.2) is 0 Å². The lowest BCUT2D eigenvalue weighted by Crippen LogP contribution is -2.41. The number of hydrogen-bond donors (Lipinski definition) is 0. The minimum atomic E-state index is -0.140. The Kier molecular flexibility index (Phi) is 10.3. The number of rotatable bonds is 10. The Hall–Kier alpha value is -0.750. The van der Waals surface area contributed by atoms with Crippen LogP contribution < -0.4 is 0 Å². The van der Waals surface area contributed by atoms with Gasteiger partial charge in [0.25, 0.3) is 0 Å². The zero-order valence-corrected chi connectivity index (χ0v) is 14.7. The Balaban J connectivity index is 2.33. The Morgan fingerprint density at radius 1 is 1.14 bits per heavy atom. The van der Waals surface area contributed by atoms with Crippen molar-refractivity contribution < 1.29 is 19.1 Å². The van der Waals surface area contributed by atoms with Gasteiger partial charge in [0, 0.05) is 24.0 Å². The van der Waals surface area contributed by atoms with Crippen LogP contribution >= 0.6 is 11.8 Å². The molecule has 0 spiro atoms. The van der Waals surface area contributed by atoms with Crippen LogP contribution in [-0.4, -0.2) is 61.2 Å². The molecule has 1 atom stereocenters. The maximum Gasteiger partial charge on any atom is 0.306 e. The van der Waals surface area contributed by atoms with Gasteiger partial charge >= 0.3 is 11.9 Å². The predicted molar refractivity (Wildman–Crippen MR) is 89.0 cm³/mol. The van der Waals surface area contributed by atoms with Crippen molar-refractivity contribution in [3.8, 4) is 0 Å². The van der Waals surface area contributed by atoms with Gasteiger partial charge in [-0.3, -0.25) is 14.5 Å². The van der Waals surface area contributed by atoms with E-state index in [1.54, 1.807) is 11.8 Å². The Bertz CT molecular complexity index is 332. The SMILES string of the molecule is CCOC(=O)CCSCC(CCC(=O)OC)N1CCCCC1. The first-order chi connectivity index (χ1) is 10.7. The summed E-state index contributed by atoms with van der Waals surface area (Å²) in [5, 5.41) is 0. The number of piperidine rings is 1. The second-order valence-electron chi connectivity index (χ2n) is 5.50. The van der Waals surface area contributed by atoms with Crippen LogP contribution in [-0.2, 0) is 19.1 Å². The molecule has 0 amide bonds. The molecule has 0 N–H and O–H groups in total. The fourth-order valence-electron chi connectivity index (χ4n) is 2.65. The van der Waals surface area contributed by atoms with Gasteiger partial charge in [0.2, 0.25) is 0 Å². The monoisotopic (exact) mass is 331 g/mol. The first-order valence-electron chi connectivity index (χ1n) is 8.21. The molecule has 1 aliphatic rings. The topological polar surface area (TPSA) is 55.8 Å². The molecule has 0 aromatic heterocycles. The van der Waals surface area contributed by atoms with E-state index < -0.39 is 0 Å². The highest BCUT2D eigenvalue weighted by molar-refractivity contribution is 7.99. The summed E-state index contributed by atoms with van der Waals surface area (Å²) < 4.78 is 9.68. The number of methoxy groups -OCH3 is 1. The van der Waals surface area contributed by atoms with Crippen molar-refractivity contribution in [1.82, 2.24) is 4.90 Å². The molecular weight excluding hydrogens is 302 g/mol. The summed E-state index contributed by atoms with van der Waals surface area (Å²) in [7, 11) is 1.44. The molecule has 0 saturated carbocycles. The molecule has 1 heterocycles. The van der Waals surface area contributed by atoms with Gasteiger partial charge in [-0.1, -0.05) is 6.42 Å². The maximum atomic E-state index is 11.4. The van der Waals surface area contributed by atoms with Crippen LogP contribution in [0, 0.1) is 0 Å². The van der Waals surface area contributed by atoms with E-state index >= 15 is 0 Å². The number of thioether (sulfide) groups is 1. The van der Waals surface area contributed by atoms with Crippen LogP contribution in [0.1, 0.15) is 45.4 Å². The van der Waals surface area contributed by atoms with Crippen molar-refractivity contribution in [2.24, 2.45) is 0 Å². The lowest BCUT2D eigenvalue weighted by molar-refractivity contribution is -0.142. The molecule has 0 radical (unpaired) electrons. The van der Waals surface area contributed by atoms with Crippen molar-refractivity contribution in [2.45, 2.75) is 51.5 Å². The lowest BCUT2D eigenvalue weighted by atomic mass is 10.1. The van der Waals surface area contributed by atoms with Crippen LogP contribution in [0.2, 0.25) is 0 Å². The summed E-state index contributed by atoms with van der Waals surface area (Å²) in [5.41, 5.74) is 0. The lowest BCUT2D eigenvalue weighted by Gasteiger charge is -2.34. The summed E-state index contributed by atoms with van der Waals surface area (Å²) >= 11 is 1.77. The Labute approximate surface area is 138 Å². The molecule has 6 heteroatoms. The summed E-state index contributed by atoms with van der Waals surface area (Å²) in [6, 6.07) is 0.395. The fraction of sp³-hybridized carbons (Fsp3) is 0.875. The fourth-order valence-corrected chi connectivity index (χ4v) is 3.78. The van der Waals surface area contributed by atoms with Gasteiger partial charge in [-0.2, -0.15) is 11.8 Å². The smallest absolute Gasteiger partial charge is 0.306 e. The van der Waals surface area contributed by atoms with Crippen LogP contribution in [0.25, 0.3) is 0 Å². The number of carbonyl (C=O) groups is 2. The molecule has 1 unspecified atom stereocenters. The summed E-state index contributed by atoms with van der Waals surface area (Å²) in [6.45, 7) is 4.50. The van der Waals surface area contributed by atoms with E-state index in [0.717, 1.165) is 31.0 Å². The molecule has 0 bridgehead atoms. The molecule has 0 aromatic rings. The van der Waals surface area contributed by atoms with Crippen molar-refractivity contribution in [3.63, 3.8) is 0 Å².